The minimum Gasteiger partial charge on any atom is -0.496 e. The maximum atomic E-state index is 13.3. The first-order valence-electron chi connectivity index (χ1n) is 19.7. The molecule has 3 saturated heterocycles. The Kier molecular flexibility index (Phi) is 10.7. The number of fused-ring (bicyclic) bond motifs is 1. The third-order valence-electron chi connectivity index (χ3n) is 11.4. The smallest absolute Gasteiger partial charge is 0.296 e. The number of nitrogens with one attached hydrogen (secondary N) is 2. The van der Waals surface area contributed by atoms with Crippen LogP contribution >= 0.6 is 11.3 Å². The van der Waals surface area contributed by atoms with Crippen molar-refractivity contribution < 1.29 is 38.2 Å². The Labute approximate surface area is 353 Å². The topological polar surface area (TPSA) is 197 Å². The lowest BCUT2D eigenvalue weighted by atomic mass is 10.0. The minimum atomic E-state index is -1.00. The van der Waals surface area contributed by atoms with E-state index in [1.54, 1.807) is 49.8 Å². The number of methoxy groups -OCH3 is 1. The number of carbonyl (C=O) groups is 6. The van der Waals surface area contributed by atoms with Gasteiger partial charge in [-0.05, 0) is 65.8 Å². The number of piperidine rings is 1. The molecule has 6 heterocycles. The van der Waals surface area contributed by atoms with Crippen LogP contribution in [-0.2, 0) is 16.2 Å². The van der Waals surface area contributed by atoms with Crippen LogP contribution in [0.25, 0.3) is 11.1 Å². The van der Waals surface area contributed by atoms with E-state index in [1.807, 2.05) is 47.4 Å². The van der Waals surface area contributed by atoms with Crippen molar-refractivity contribution in [1.82, 2.24) is 35.2 Å². The van der Waals surface area contributed by atoms with Crippen molar-refractivity contribution in [1.29, 1.82) is 0 Å². The molecule has 4 aliphatic heterocycles. The number of amides is 6. The second-order valence-electron chi connectivity index (χ2n) is 15.0. The van der Waals surface area contributed by atoms with Crippen molar-refractivity contribution in [2.75, 3.05) is 56.6 Å². The Bertz CT molecular complexity index is 2570. The molecule has 2 aromatic heterocycles. The van der Waals surface area contributed by atoms with Gasteiger partial charge in [0.25, 0.3) is 28.8 Å². The largest absolute Gasteiger partial charge is 0.496 e. The fourth-order valence-corrected chi connectivity index (χ4v) is 8.67. The van der Waals surface area contributed by atoms with Crippen molar-refractivity contribution in [3.05, 3.63) is 113 Å². The summed E-state index contributed by atoms with van der Waals surface area (Å²) in [4.78, 5) is 88.6. The summed E-state index contributed by atoms with van der Waals surface area (Å²) in [5, 5.41) is 13.7. The zero-order valence-corrected chi connectivity index (χ0v) is 33.7. The number of hydrogen-bond donors (Lipinski definition) is 2. The number of benzene rings is 3. The molecule has 310 valence electrons. The highest BCUT2D eigenvalue weighted by molar-refractivity contribution is 7.17. The zero-order chi connectivity index (χ0) is 42.2. The van der Waals surface area contributed by atoms with Gasteiger partial charge in [-0.25, -0.2) is 0 Å². The number of likely N-dealkylation sites (tertiary alicyclic amines) is 1. The van der Waals surface area contributed by atoms with Gasteiger partial charge in [-0.1, -0.05) is 35.4 Å². The van der Waals surface area contributed by atoms with Crippen LogP contribution in [0.5, 0.6) is 10.9 Å². The molecule has 0 radical (unpaired) electrons. The Balaban J connectivity index is 0.728. The van der Waals surface area contributed by atoms with Crippen LogP contribution in [0.1, 0.15) is 59.8 Å². The normalized spacial score (nSPS) is 18.1. The highest BCUT2D eigenvalue weighted by Gasteiger charge is 2.45. The molecule has 1 unspecified atom stereocenters. The highest BCUT2D eigenvalue weighted by atomic mass is 32.1. The molecule has 3 fully saturated rings. The molecule has 0 saturated carbocycles. The van der Waals surface area contributed by atoms with E-state index in [0.29, 0.717) is 48.6 Å². The molecule has 3 aromatic carbocycles. The van der Waals surface area contributed by atoms with Crippen molar-refractivity contribution in [2.45, 2.75) is 31.5 Å². The van der Waals surface area contributed by atoms with E-state index < -0.39 is 29.7 Å². The number of hydrogen-bond acceptors (Lipinski definition) is 14. The number of para-hydroxylation sites is 1. The van der Waals surface area contributed by atoms with Crippen LogP contribution in [0.4, 0.5) is 10.8 Å². The summed E-state index contributed by atoms with van der Waals surface area (Å²) in [6.45, 7) is 4.38. The fraction of sp³-hybridized carbons (Fsp3) is 0.279. The number of pyridine rings is 1. The lowest BCUT2D eigenvalue weighted by Crippen LogP contribution is -2.64. The summed E-state index contributed by atoms with van der Waals surface area (Å²) in [7, 11) is 1.57. The highest BCUT2D eigenvalue weighted by Crippen LogP contribution is 2.34. The van der Waals surface area contributed by atoms with Crippen LogP contribution in [0, 0.1) is 0 Å². The molecule has 4 aliphatic rings. The molecule has 9 rings (SSSR count). The number of ether oxygens (including phenoxy) is 2. The SMILES string of the molecule is COc1ccccc1-c1cnccc1C(=O)Nc1nnc(OCc2ccc(C(=O)N3CC(N4CCN(c5ccc6c(c5)C(=O)N(C5CCC(=O)NC5=O)C6=O)CC4)C3)cc2)s1. The number of rotatable bonds is 11. The maximum Gasteiger partial charge on any atom is 0.296 e. The summed E-state index contributed by atoms with van der Waals surface area (Å²) >= 11 is 1.10. The van der Waals surface area contributed by atoms with E-state index in [2.05, 4.69) is 35.6 Å². The second-order valence-corrected chi connectivity index (χ2v) is 15.9. The average molecular weight is 842 g/mol. The molecule has 61 heavy (non-hydrogen) atoms. The van der Waals surface area contributed by atoms with Gasteiger partial charge in [-0.2, -0.15) is 0 Å². The number of aromatic nitrogens is 3. The molecule has 5 aromatic rings. The van der Waals surface area contributed by atoms with E-state index in [9.17, 15) is 28.8 Å². The number of anilines is 2. The number of piperazine rings is 1. The van der Waals surface area contributed by atoms with E-state index in [4.69, 9.17) is 9.47 Å². The van der Waals surface area contributed by atoms with Gasteiger partial charge in [0.2, 0.25) is 16.9 Å². The summed E-state index contributed by atoms with van der Waals surface area (Å²) in [5.41, 5.74) is 4.50. The van der Waals surface area contributed by atoms with Crippen molar-refractivity contribution >= 4 is 57.6 Å². The van der Waals surface area contributed by atoms with Crippen LogP contribution in [0.2, 0.25) is 0 Å². The zero-order valence-electron chi connectivity index (χ0n) is 32.9. The number of carbonyl (C=O) groups excluding carboxylic acids is 6. The molecule has 1 atom stereocenters. The Morgan fingerprint density at radius 1 is 0.869 bits per heavy atom. The molecule has 17 nitrogen and oxygen atoms in total. The second kappa shape index (κ2) is 16.5. The van der Waals surface area contributed by atoms with Crippen LogP contribution < -0.4 is 25.0 Å². The molecule has 0 spiro atoms. The van der Waals surface area contributed by atoms with Gasteiger partial charge in [-0.15, -0.1) is 5.10 Å². The van der Waals surface area contributed by atoms with Crippen LogP contribution in [0.3, 0.4) is 0 Å². The van der Waals surface area contributed by atoms with Gasteiger partial charge < -0.3 is 19.3 Å². The lowest BCUT2D eigenvalue weighted by molar-refractivity contribution is -0.136. The van der Waals surface area contributed by atoms with Gasteiger partial charge in [0.1, 0.15) is 18.4 Å². The Hall–Kier alpha value is -7.05. The van der Waals surface area contributed by atoms with E-state index in [1.165, 1.54) is 0 Å². The molecule has 0 aliphatic carbocycles. The Morgan fingerprint density at radius 3 is 2.41 bits per heavy atom. The van der Waals surface area contributed by atoms with Crippen molar-refractivity contribution in [3.63, 3.8) is 0 Å². The molecular weight excluding hydrogens is 803 g/mol. The van der Waals surface area contributed by atoms with Gasteiger partial charge in [-0.3, -0.25) is 54.2 Å². The first kappa shape index (κ1) is 39.4. The third kappa shape index (κ3) is 7.78. The molecule has 2 N–H and O–H groups in total. The monoisotopic (exact) mass is 841 g/mol. The van der Waals surface area contributed by atoms with Crippen molar-refractivity contribution in [2.24, 2.45) is 0 Å². The summed E-state index contributed by atoms with van der Waals surface area (Å²) < 4.78 is 11.3. The molecule has 18 heteroatoms. The van der Waals surface area contributed by atoms with Gasteiger partial charge in [0, 0.05) is 86.5 Å². The quantitative estimate of drug-likeness (QED) is 0.184. The molecule has 6 amide bonds. The predicted octanol–water partition coefficient (Wildman–Crippen LogP) is 3.49. The molecular formula is C43H39N9O8S. The minimum absolute atomic E-state index is 0.0429. The van der Waals surface area contributed by atoms with Gasteiger partial charge >= 0.3 is 0 Å². The fourth-order valence-electron chi connectivity index (χ4n) is 8.08. The number of nitrogens with zero attached hydrogens (tertiary/aromatic N) is 7. The summed E-state index contributed by atoms with van der Waals surface area (Å²) in [6.07, 6.45) is 3.34. The third-order valence-corrected chi connectivity index (χ3v) is 12.2. The first-order valence-corrected chi connectivity index (χ1v) is 20.5. The van der Waals surface area contributed by atoms with E-state index in [0.717, 1.165) is 46.1 Å². The summed E-state index contributed by atoms with van der Waals surface area (Å²) in [6, 6.07) is 20.7. The van der Waals surface area contributed by atoms with Gasteiger partial charge in [0.15, 0.2) is 0 Å². The maximum absolute atomic E-state index is 13.3. The molecule has 0 bridgehead atoms. The first-order chi connectivity index (χ1) is 29.6. The van der Waals surface area contributed by atoms with Gasteiger partial charge in [0.05, 0.1) is 23.8 Å². The average Bonchev–Trinajstić information content (AvgIpc) is 3.82. The van der Waals surface area contributed by atoms with E-state index >= 15 is 0 Å². The van der Waals surface area contributed by atoms with Crippen molar-refractivity contribution in [3.8, 4) is 22.1 Å². The number of imide groups is 2. The Morgan fingerprint density at radius 2 is 1.64 bits per heavy atom. The summed E-state index contributed by atoms with van der Waals surface area (Å²) in [5.74, 6) is -1.89. The lowest BCUT2D eigenvalue weighted by Gasteiger charge is -2.48. The van der Waals surface area contributed by atoms with Crippen LogP contribution in [0.15, 0.2) is 85.2 Å². The van der Waals surface area contributed by atoms with Crippen LogP contribution in [-0.4, -0.2) is 124 Å². The predicted molar refractivity (Wildman–Crippen MR) is 221 cm³/mol. The van der Waals surface area contributed by atoms with E-state index in [-0.39, 0.29) is 58.8 Å². The standard InChI is InChI=1S/C43H39N9O8S/c1-59-35-5-3-2-4-29(35)33-21-44-15-14-30(33)37(54)46-42-47-48-43(61-42)60-24-25-6-8-26(9-7-25)39(56)51-22-28(23-51)50-18-16-49(17-19-50)27-10-11-31-32(20-27)41(58)52(40(31)57)34-12-13-36(53)45-38(34)55/h2-11,14-15,20-21,28,34H,12-13,16-19,22-24H2,1H3,(H,45,53,55)(H,46,47,54).